The van der Waals surface area contributed by atoms with Crippen molar-refractivity contribution in [3.05, 3.63) is 101 Å². The van der Waals surface area contributed by atoms with Crippen LogP contribution >= 0.6 is 11.6 Å². The molecular weight excluding hydrogens is 396 g/mol. The van der Waals surface area contributed by atoms with Crippen molar-refractivity contribution in [3.63, 3.8) is 0 Å². The van der Waals surface area contributed by atoms with Gasteiger partial charge in [-0.15, -0.1) is 0 Å². The number of ketones is 1. The molecule has 0 aliphatic carbocycles. The van der Waals surface area contributed by atoms with Crippen molar-refractivity contribution >= 4 is 29.0 Å². The van der Waals surface area contributed by atoms with E-state index in [4.69, 9.17) is 11.6 Å². The van der Waals surface area contributed by atoms with Crippen LogP contribution in [-0.4, -0.2) is 29.2 Å². The third kappa shape index (κ3) is 4.61. The number of rotatable bonds is 6. The molecule has 1 saturated heterocycles. The van der Waals surface area contributed by atoms with Crippen molar-refractivity contribution in [1.82, 2.24) is 4.90 Å². The Hall–Kier alpha value is -2.95. The fraction of sp³-hybridized carbons (Fsp3) is 0.200. The van der Waals surface area contributed by atoms with E-state index >= 15 is 0 Å². The van der Waals surface area contributed by atoms with Crippen molar-refractivity contribution in [1.29, 1.82) is 0 Å². The zero-order valence-electron chi connectivity index (χ0n) is 16.6. The van der Waals surface area contributed by atoms with Crippen LogP contribution in [0.15, 0.2) is 78.9 Å². The molecule has 1 amide bonds. The lowest BCUT2D eigenvalue weighted by atomic mass is 10.0. The Morgan fingerprint density at radius 2 is 1.67 bits per heavy atom. The van der Waals surface area contributed by atoms with Crippen LogP contribution in [-0.2, 0) is 11.3 Å². The third-order valence-electron chi connectivity index (χ3n) is 5.41. The van der Waals surface area contributed by atoms with Gasteiger partial charge in [0.05, 0.1) is 11.7 Å². The molecule has 5 heteroatoms. The molecule has 0 unspecified atom stereocenters. The zero-order valence-corrected chi connectivity index (χ0v) is 17.3. The van der Waals surface area contributed by atoms with Gasteiger partial charge in [-0.3, -0.25) is 14.5 Å². The van der Waals surface area contributed by atoms with E-state index < -0.39 is 0 Å². The molecule has 1 fully saturated rings. The summed E-state index contributed by atoms with van der Waals surface area (Å²) < 4.78 is 0. The average molecular weight is 419 g/mol. The van der Waals surface area contributed by atoms with Gasteiger partial charge in [0.25, 0.3) is 0 Å². The number of hydrogen-bond acceptors (Lipinski definition) is 3. The number of carbonyl (C=O) groups is 2. The molecule has 4 rings (SSSR count). The molecule has 0 aromatic heterocycles. The highest BCUT2D eigenvalue weighted by molar-refractivity contribution is 6.31. The monoisotopic (exact) mass is 418 g/mol. The summed E-state index contributed by atoms with van der Waals surface area (Å²) in [5.74, 6) is -0.256. The summed E-state index contributed by atoms with van der Waals surface area (Å²) in [5, 5.41) is 3.44. The standard InChI is InChI=1S/C25H23ClN2O2/c26-20-13-14-22(21(16-20)24(29)19-10-5-2-6-11-19)27-25(30)23-12-7-15-28(23)17-18-8-3-1-4-9-18/h1-6,8-11,13-14,16,23H,7,12,15,17H2,(H,27,30)/t23-/m0/s1. The van der Waals surface area contributed by atoms with Crippen LogP contribution in [0.25, 0.3) is 0 Å². The highest BCUT2D eigenvalue weighted by Gasteiger charge is 2.31. The summed E-state index contributed by atoms with van der Waals surface area (Å²) in [7, 11) is 0. The number of likely N-dealkylation sites (tertiary alicyclic amines) is 1. The summed E-state index contributed by atoms with van der Waals surface area (Å²) in [6, 6.07) is 23.9. The molecule has 1 heterocycles. The maximum absolute atomic E-state index is 13.1. The van der Waals surface area contributed by atoms with Crippen molar-refractivity contribution in [2.24, 2.45) is 0 Å². The van der Waals surface area contributed by atoms with Gasteiger partial charge in [0.15, 0.2) is 5.78 Å². The van der Waals surface area contributed by atoms with Gasteiger partial charge < -0.3 is 5.32 Å². The van der Waals surface area contributed by atoms with Crippen molar-refractivity contribution in [2.45, 2.75) is 25.4 Å². The van der Waals surface area contributed by atoms with Crippen molar-refractivity contribution in [3.8, 4) is 0 Å². The highest BCUT2D eigenvalue weighted by Crippen LogP contribution is 2.26. The van der Waals surface area contributed by atoms with Gasteiger partial charge >= 0.3 is 0 Å². The number of benzene rings is 3. The minimum absolute atomic E-state index is 0.0899. The molecule has 1 N–H and O–H groups in total. The predicted octanol–water partition coefficient (Wildman–Crippen LogP) is 5.17. The molecule has 0 bridgehead atoms. The Morgan fingerprint density at radius 3 is 2.40 bits per heavy atom. The Balaban J connectivity index is 1.54. The van der Waals surface area contributed by atoms with E-state index in [9.17, 15) is 9.59 Å². The van der Waals surface area contributed by atoms with Crippen LogP contribution in [0, 0.1) is 0 Å². The van der Waals surface area contributed by atoms with Gasteiger partial charge in [-0.2, -0.15) is 0 Å². The van der Waals surface area contributed by atoms with E-state index in [1.54, 1.807) is 30.3 Å². The van der Waals surface area contributed by atoms with E-state index in [2.05, 4.69) is 22.3 Å². The Labute approximate surface area is 181 Å². The van der Waals surface area contributed by atoms with Gasteiger partial charge in [-0.25, -0.2) is 0 Å². The predicted molar refractivity (Wildman–Crippen MR) is 120 cm³/mol. The molecule has 0 spiro atoms. The number of hydrogen-bond donors (Lipinski definition) is 1. The second-order valence-corrected chi connectivity index (χ2v) is 7.92. The maximum atomic E-state index is 13.1. The van der Waals surface area contributed by atoms with Crippen LogP contribution in [0.1, 0.15) is 34.3 Å². The topological polar surface area (TPSA) is 49.4 Å². The minimum Gasteiger partial charge on any atom is -0.324 e. The third-order valence-corrected chi connectivity index (χ3v) is 5.65. The molecule has 0 radical (unpaired) electrons. The number of nitrogens with zero attached hydrogens (tertiary/aromatic N) is 1. The van der Waals surface area contributed by atoms with Gasteiger partial charge in [0.2, 0.25) is 5.91 Å². The van der Waals surface area contributed by atoms with Gasteiger partial charge in [0.1, 0.15) is 0 Å². The Bertz CT molecular complexity index is 1040. The van der Waals surface area contributed by atoms with E-state index in [0.29, 0.717) is 21.8 Å². The average Bonchev–Trinajstić information content (AvgIpc) is 3.24. The molecule has 30 heavy (non-hydrogen) atoms. The number of carbonyl (C=O) groups excluding carboxylic acids is 2. The SMILES string of the molecule is O=C(c1ccccc1)c1cc(Cl)ccc1NC(=O)[C@@H]1CCCN1Cc1ccccc1. The molecule has 152 valence electrons. The van der Waals surface area contributed by atoms with Crippen LogP contribution in [0.2, 0.25) is 5.02 Å². The fourth-order valence-corrected chi connectivity index (χ4v) is 4.08. The van der Waals surface area contributed by atoms with Crippen LogP contribution in [0.3, 0.4) is 0 Å². The molecule has 4 nitrogen and oxygen atoms in total. The smallest absolute Gasteiger partial charge is 0.241 e. The summed E-state index contributed by atoms with van der Waals surface area (Å²) in [4.78, 5) is 28.3. The second kappa shape index (κ2) is 9.24. The molecule has 1 aliphatic heterocycles. The quantitative estimate of drug-likeness (QED) is 0.561. The van der Waals surface area contributed by atoms with Crippen LogP contribution in [0.4, 0.5) is 5.69 Å². The molecule has 3 aromatic carbocycles. The lowest BCUT2D eigenvalue weighted by molar-refractivity contribution is -0.120. The second-order valence-electron chi connectivity index (χ2n) is 7.49. The van der Waals surface area contributed by atoms with Crippen LogP contribution in [0.5, 0.6) is 0 Å². The Morgan fingerprint density at radius 1 is 0.967 bits per heavy atom. The molecule has 1 atom stereocenters. The number of anilines is 1. The first-order valence-corrected chi connectivity index (χ1v) is 10.5. The fourth-order valence-electron chi connectivity index (χ4n) is 3.90. The summed E-state index contributed by atoms with van der Waals surface area (Å²) in [5.41, 5.74) is 2.63. The summed E-state index contributed by atoms with van der Waals surface area (Å²) in [6.45, 7) is 1.61. The summed E-state index contributed by atoms with van der Waals surface area (Å²) in [6.07, 6.45) is 1.77. The molecular formula is C25H23ClN2O2. The number of amides is 1. The largest absolute Gasteiger partial charge is 0.324 e. The minimum atomic E-state index is -0.222. The molecule has 1 aliphatic rings. The van der Waals surface area contributed by atoms with Crippen molar-refractivity contribution in [2.75, 3.05) is 11.9 Å². The molecule has 3 aromatic rings. The summed E-state index contributed by atoms with van der Waals surface area (Å²) >= 11 is 6.15. The highest BCUT2D eigenvalue weighted by atomic mass is 35.5. The maximum Gasteiger partial charge on any atom is 0.241 e. The number of halogens is 1. The first-order chi connectivity index (χ1) is 14.6. The van der Waals surface area contributed by atoms with Crippen molar-refractivity contribution < 1.29 is 9.59 Å². The first kappa shape index (κ1) is 20.3. The normalized spacial score (nSPS) is 16.4. The molecule has 0 saturated carbocycles. The van der Waals surface area contributed by atoms with Crippen LogP contribution < -0.4 is 5.32 Å². The Kier molecular flexibility index (Phi) is 6.26. The lowest BCUT2D eigenvalue weighted by Gasteiger charge is -2.24. The van der Waals surface area contributed by atoms with Gasteiger partial charge in [0, 0.05) is 22.7 Å². The lowest BCUT2D eigenvalue weighted by Crippen LogP contribution is -2.39. The van der Waals surface area contributed by atoms with Gasteiger partial charge in [-0.05, 0) is 43.1 Å². The van der Waals surface area contributed by atoms with E-state index in [1.165, 1.54) is 5.56 Å². The first-order valence-electron chi connectivity index (χ1n) is 10.1. The van der Waals surface area contributed by atoms with E-state index in [1.807, 2.05) is 36.4 Å². The van der Waals surface area contributed by atoms with E-state index in [-0.39, 0.29) is 17.7 Å². The van der Waals surface area contributed by atoms with E-state index in [0.717, 1.165) is 25.9 Å². The zero-order chi connectivity index (χ0) is 20.9. The number of nitrogens with one attached hydrogen (secondary N) is 1. The van der Waals surface area contributed by atoms with Gasteiger partial charge in [-0.1, -0.05) is 72.3 Å².